The summed E-state index contributed by atoms with van der Waals surface area (Å²) in [6.07, 6.45) is 5.35. The molecule has 1 saturated carbocycles. The van der Waals surface area contributed by atoms with Gasteiger partial charge in [0.05, 0.1) is 0 Å². The minimum Gasteiger partial charge on any atom is -0.314 e. The number of hydrogen-bond acceptors (Lipinski definition) is 3. The summed E-state index contributed by atoms with van der Waals surface area (Å²) in [5, 5.41) is 3.57. The molecule has 0 spiro atoms. The van der Waals surface area contributed by atoms with E-state index in [0.717, 1.165) is 18.6 Å². The lowest BCUT2D eigenvalue weighted by molar-refractivity contribution is 0.228. The van der Waals surface area contributed by atoms with Crippen molar-refractivity contribution in [3.05, 3.63) is 0 Å². The Morgan fingerprint density at radius 2 is 1.88 bits per heavy atom. The Kier molecular flexibility index (Phi) is 6.32. The van der Waals surface area contributed by atoms with E-state index in [1.54, 1.807) is 0 Å². The van der Waals surface area contributed by atoms with Gasteiger partial charge in [0, 0.05) is 12.1 Å². The molecule has 1 rings (SSSR count). The van der Waals surface area contributed by atoms with Crippen LogP contribution in [0.2, 0.25) is 0 Å². The number of nitrogens with zero attached hydrogens (tertiary/aromatic N) is 2. The first-order valence-electron chi connectivity index (χ1n) is 6.71. The fourth-order valence-electron chi connectivity index (χ4n) is 2.65. The Labute approximate surface area is 101 Å². The Morgan fingerprint density at radius 1 is 1.12 bits per heavy atom. The predicted octanol–water partition coefficient (Wildman–Crippen LogP) is 1.40. The third-order valence-electron chi connectivity index (χ3n) is 3.64. The third kappa shape index (κ3) is 4.81. The standard InChI is InChI=1S/C13H29N3/c1-5-14-12-7-8-13(11-12)16(4)10-6-9-15(2)3/h12-14H,5-11H2,1-4H3. The molecule has 1 fully saturated rings. The van der Waals surface area contributed by atoms with Crippen LogP contribution in [0.1, 0.15) is 32.6 Å². The first-order valence-corrected chi connectivity index (χ1v) is 6.71. The summed E-state index contributed by atoms with van der Waals surface area (Å²) in [4.78, 5) is 4.82. The van der Waals surface area contributed by atoms with Gasteiger partial charge >= 0.3 is 0 Å². The summed E-state index contributed by atoms with van der Waals surface area (Å²) >= 11 is 0. The van der Waals surface area contributed by atoms with E-state index in [9.17, 15) is 0 Å². The zero-order valence-electron chi connectivity index (χ0n) is 11.5. The fourth-order valence-corrected chi connectivity index (χ4v) is 2.65. The SMILES string of the molecule is CCNC1CCC(N(C)CCCN(C)C)C1. The quantitative estimate of drug-likeness (QED) is 0.709. The number of nitrogens with one attached hydrogen (secondary N) is 1. The highest BCUT2D eigenvalue weighted by Crippen LogP contribution is 2.23. The Hall–Kier alpha value is -0.120. The lowest BCUT2D eigenvalue weighted by Gasteiger charge is -2.25. The molecule has 1 N–H and O–H groups in total. The number of rotatable bonds is 7. The molecular formula is C13H29N3. The summed E-state index contributed by atoms with van der Waals surface area (Å²) < 4.78 is 0. The molecule has 16 heavy (non-hydrogen) atoms. The first kappa shape index (κ1) is 13.9. The maximum atomic E-state index is 3.57. The normalized spacial score (nSPS) is 25.9. The molecule has 0 saturated heterocycles. The summed E-state index contributed by atoms with van der Waals surface area (Å²) in [7, 11) is 6.59. The van der Waals surface area contributed by atoms with Gasteiger partial charge in [0.2, 0.25) is 0 Å². The molecule has 1 aliphatic rings. The van der Waals surface area contributed by atoms with E-state index in [2.05, 4.69) is 43.2 Å². The van der Waals surface area contributed by atoms with Crippen LogP contribution < -0.4 is 5.32 Å². The highest BCUT2D eigenvalue weighted by molar-refractivity contribution is 4.85. The molecule has 2 unspecified atom stereocenters. The lowest BCUT2D eigenvalue weighted by atomic mass is 10.2. The molecule has 3 heteroatoms. The van der Waals surface area contributed by atoms with Crippen molar-refractivity contribution >= 4 is 0 Å². The van der Waals surface area contributed by atoms with Gasteiger partial charge in [-0.15, -0.1) is 0 Å². The summed E-state index contributed by atoms with van der Waals surface area (Å²) in [6.45, 7) is 5.76. The van der Waals surface area contributed by atoms with Crippen LogP contribution >= 0.6 is 0 Å². The predicted molar refractivity (Wildman–Crippen MR) is 70.9 cm³/mol. The van der Waals surface area contributed by atoms with Crippen LogP contribution in [0.5, 0.6) is 0 Å². The van der Waals surface area contributed by atoms with Crippen LogP contribution in [-0.4, -0.2) is 62.7 Å². The van der Waals surface area contributed by atoms with Crippen molar-refractivity contribution < 1.29 is 0 Å². The van der Waals surface area contributed by atoms with E-state index in [1.807, 2.05) is 0 Å². The molecule has 0 amide bonds. The van der Waals surface area contributed by atoms with Crippen molar-refractivity contribution in [3.63, 3.8) is 0 Å². The van der Waals surface area contributed by atoms with Crippen LogP contribution in [-0.2, 0) is 0 Å². The lowest BCUT2D eigenvalue weighted by Crippen LogP contribution is -2.34. The van der Waals surface area contributed by atoms with Crippen molar-refractivity contribution in [1.82, 2.24) is 15.1 Å². The molecule has 0 aliphatic heterocycles. The molecule has 0 aromatic rings. The maximum Gasteiger partial charge on any atom is 0.0108 e. The first-order chi connectivity index (χ1) is 7.63. The Balaban J connectivity index is 2.15. The van der Waals surface area contributed by atoms with Gasteiger partial charge in [0.1, 0.15) is 0 Å². The fraction of sp³-hybridized carbons (Fsp3) is 1.00. The minimum absolute atomic E-state index is 0.770. The molecule has 0 aromatic carbocycles. The second-order valence-electron chi connectivity index (χ2n) is 5.36. The van der Waals surface area contributed by atoms with Crippen LogP contribution in [0.15, 0.2) is 0 Å². The van der Waals surface area contributed by atoms with Crippen LogP contribution in [0.3, 0.4) is 0 Å². The smallest absolute Gasteiger partial charge is 0.0108 e. The van der Waals surface area contributed by atoms with Crippen molar-refractivity contribution in [2.75, 3.05) is 40.8 Å². The second kappa shape index (κ2) is 7.25. The van der Waals surface area contributed by atoms with Crippen molar-refractivity contribution in [2.45, 2.75) is 44.7 Å². The van der Waals surface area contributed by atoms with Gasteiger partial charge in [0.25, 0.3) is 0 Å². The van der Waals surface area contributed by atoms with E-state index in [0.29, 0.717) is 0 Å². The minimum atomic E-state index is 0.770. The third-order valence-corrected chi connectivity index (χ3v) is 3.64. The van der Waals surface area contributed by atoms with Gasteiger partial charge < -0.3 is 15.1 Å². The van der Waals surface area contributed by atoms with Crippen LogP contribution in [0.4, 0.5) is 0 Å². The van der Waals surface area contributed by atoms with Crippen LogP contribution in [0.25, 0.3) is 0 Å². The molecule has 0 bridgehead atoms. The molecule has 3 nitrogen and oxygen atoms in total. The van der Waals surface area contributed by atoms with Crippen molar-refractivity contribution in [1.29, 1.82) is 0 Å². The molecular weight excluding hydrogens is 198 g/mol. The molecule has 0 radical (unpaired) electrons. The summed E-state index contributed by atoms with van der Waals surface area (Å²) in [5.74, 6) is 0. The topological polar surface area (TPSA) is 18.5 Å². The molecule has 0 aromatic heterocycles. The molecule has 1 aliphatic carbocycles. The van der Waals surface area contributed by atoms with Crippen LogP contribution in [0, 0.1) is 0 Å². The average Bonchev–Trinajstić information content (AvgIpc) is 2.66. The van der Waals surface area contributed by atoms with Gasteiger partial charge in [-0.3, -0.25) is 0 Å². The largest absolute Gasteiger partial charge is 0.314 e. The van der Waals surface area contributed by atoms with E-state index in [1.165, 1.54) is 38.8 Å². The zero-order valence-corrected chi connectivity index (χ0v) is 11.5. The van der Waals surface area contributed by atoms with E-state index in [-0.39, 0.29) is 0 Å². The van der Waals surface area contributed by atoms with E-state index < -0.39 is 0 Å². The van der Waals surface area contributed by atoms with Gasteiger partial charge in [-0.1, -0.05) is 6.92 Å². The Bertz CT molecular complexity index is 182. The summed E-state index contributed by atoms with van der Waals surface area (Å²) in [5.41, 5.74) is 0. The van der Waals surface area contributed by atoms with Gasteiger partial charge in [0.15, 0.2) is 0 Å². The van der Waals surface area contributed by atoms with E-state index in [4.69, 9.17) is 0 Å². The molecule has 96 valence electrons. The van der Waals surface area contributed by atoms with Gasteiger partial charge in [-0.25, -0.2) is 0 Å². The van der Waals surface area contributed by atoms with E-state index >= 15 is 0 Å². The highest BCUT2D eigenvalue weighted by atomic mass is 15.1. The Morgan fingerprint density at radius 3 is 2.50 bits per heavy atom. The molecule has 0 heterocycles. The summed E-state index contributed by atoms with van der Waals surface area (Å²) in [6, 6.07) is 1.58. The maximum absolute atomic E-state index is 3.57. The van der Waals surface area contributed by atoms with Crippen molar-refractivity contribution in [3.8, 4) is 0 Å². The zero-order chi connectivity index (χ0) is 12.0. The van der Waals surface area contributed by atoms with Gasteiger partial charge in [-0.2, -0.15) is 0 Å². The second-order valence-corrected chi connectivity index (χ2v) is 5.36. The monoisotopic (exact) mass is 227 g/mol. The van der Waals surface area contributed by atoms with Gasteiger partial charge in [-0.05, 0) is 66.5 Å². The van der Waals surface area contributed by atoms with Crippen molar-refractivity contribution in [2.24, 2.45) is 0 Å². The molecule has 2 atom stereocenters. The highest BCUT2D eigenvalue weighted by Gasteiger charge is 2.26. The average molecular weight is 227 g/mol. The number of hydrogen-bond donors (Lipinski definition) is 1.